The van der Waals surface area contributed by atoms with Gasteiger partial charge in [0.05, 0.1) is 6.61 Å². The van der Waals surface area contributed by atoms with E-state index < -0.39 is 11.6 Å². The van der Waals surface area contributed by atoms with Crippen LogP contribution < -0.4 is 10.1 Å². The van der Waals surface area contributed by atoms with Gasteiger partial charge in [-0.05, 0) is 49.1 Å². The van der Waals surface area contributed by atoms with Gasteiger partial charge < -0.3 is 10.1 Å². The van der Waals surface area contributed by atoms with Gasteiger partial charge in [-0.3, -0.25) is 4.79 Å². The van der Waals surface area contributed by atoms with E-state index >= 15 is 0 Å². The summed E-state index contributed by atoms with van der Waals surface area (Å²) in [7, 11) is 0. The number of amides is 1. The first-order valence-corrected chi connectivity index (χ1v) is 8.45. The maximum Gasteiger partial charge on any atom is 0.220 e. The van der Waals surface area contributed by atoms with E-state index in [4.69, 9.17) is 4.74 Å². The van der Waals surface area contributed by atoms with Gasteiger partial charge in [-0.2, -0.15) is 0 Å². The SMILES string of the molecule is O=C(CCc1ccc(F)c(F)c1)NCC1(COc2ccccc2)CC1. The first kappa shape index (κ1) is 17.4. The lowest BCUT2D eigenvalue weighted by Crippen LogP contribution is -2.33. The lowest BCUT2D eigenvalue weighted by molar-refractivity contribution is -0.121. The van der Waals surface area contributed by atoms with Crippen LogP contribution >= 0.6 is 0 Å². The number of hydrogen-bond donors (Lipinski definition) is 1. The van der Waals surface area contributed by atoms with Crippen molar-refractivity contribution in [3.63, 3.8) is 0 Å². The van der Waals surface area contributed by atoms with Crippen molar-refractivity contribution in [2.24, 2.45) is 5.41 Å². The monoisotopic (exact) mass is 345 g/mol. The van der Waals surface area contributed by atoms with Gasteiger partial charge >= 0.3 is 0 Å². The van der Waals surface area contributed by atoms with Crippen molar-refractivity contribution in [2.75, 3.05) is 13.2 Å². The summed E-state index contributed by atoms with van der Waals surface area (Å²) in [6.45, 7) is 1.16. The molecule has 1 saturated carbocycles. The Bertz CT molecular complexity index is 730. The molecule has 3 rings (SSSR count). The zero-order valence-corrected chi connectivity index (χ0v) is 13.9. The van der Waals surface area contributed by atoms with E-state index in [1.54, 1.807) is 0 Å². The molecule has 25 heavy (non-hydrogen) atoms. The third-order valence-corrected chi connectivity index (χ3v) is 4.53. The predicted octanol–water partition coefficient (Wildman–Crippen LogP) is 3.87. The highest BCUT2D eigenvalue weighted by Gasteiger charge is 2.43. The normalized spacial score (nSPS) is 14.8. The number of ether oxygens (including phenoxy) is 1. The second-order valence-electron chi connectivity index (χ2n) is 6.63. The Morgan fingerprint density at radius 3 is 2.52 bits per heavy atom. The van der Waals surface area contributed by atoms with Crippen LogP contribution in [0.2, 0.25) is 0 Å². The molecular weight excluding hydrogens is 324 g/mol. The van der Waals surface area contributed by atoms with Crippen molar-refractivity contribution in [1.82, 2.24) is 5.32 Å². The highest BCUT2D eigenvalue weighted by molar-refractivity contribution is 5.76. The molecule has 1 amide bonds. The topological polar surface area (TPSA) is 38.3 Å². The van der Waals surface area contributed by atoms with Gasteiger partial charge in [-0.15, -0.1) is 0 Å². The van der Waals surface area contributed by atoms with Crippen molar-refractivity contribution in [1.29, 1.82) is 0 Å². The number of halogens is 2. The minimum Gasteiger partial charge on any atom is -0.493 e. The summed E-state index contributed by atoms with van der Waals surface area (Å²) in [4.78, 5) is 12.0. The molecule has 132 valence electrons. The summed E-state index contributed by atoms with van der Waals surface area (Å²) in [5, 5.41) is 2.93. The molecule has 5 heteroatoms. The smallest absolute Gasteiger partial charge is 0.220 e. The van der Waals surface area contributed by atoms with Crippen LogP contribution in [0.3, 0.4) is 0 Å². The maximum atomic E-state index is 13.2. The second-order valence-corrected chi connectivity index (χ2v) is 6.63. The van der Waals surface area contributed by atoms with Crippen LogP contribution in [0.1, 0.15) is 24.8 Å². The molecule has 0 bridgehead atoms. The molecule has 0 saturated heterocycles. The predicted molar refractivity (Wildman–Crippen MR) is 91.3 cm³/mol. The van der Waals surface area contributed by atoms with E-state index in [0.717, 1.165) is 30.7 Å². The lowest BCUT2D eigenvalue weighted by atomic mass is 10.1. The first-order valence-electron chi connectivity index (χ1n) is 8.45. The van der Waals surface area contributed by atoms with Crippen LogP contribution in [0.4, 0.5) is 8.78 Å². The van der Waals surface area contributed by atoms with E-state index in [0.29, 0.717) is 25.1 Å². The zero-order valence-electron chi connectivity index (χ0n) is 13.9. The number of hydrogen-bond acceptors (Lipinski definition) is 2. The fraction of sp³-hybridized carbons (Fsp3) is 0.350. The summed E-state index contributed by atoms with van der Waals surface area (Å²) in [6, 6.07) is 13.3. The van der Waals surface area contributed by atoms with Gasteiger partial charge in [0.15, 0.2) is 11.6 Å². The molecule has 2 aromatic carbocycles. The van der Waals surface area contributed by atoms with Crippen LogP contribution in [0.15, 0.2) is 48.5 Å². The van der Waals surface area contributed by atoms with E-state index in [9.17, 15) is 13.6 Å². The summed E-state index contributed by atoms with van der Waals surface area (Å²) in [6.07, 6.45) is 2.70. The lowest BCUT2D eigenvalue weighted by Gasteiger charge is -2.17. The van der Waals surface area contributed by atoms with Crippen LogP contribution in [0.25, 0.3) is 0 Å². The van der Waals surface area contributed by atoms with Crippen LogP contribution in [-0.4, -0.2) is 19.1 Å². The van der Waals surface area contributed by atoms with Crippen molar-refractivity contribution in [2.45, 2.75) is 25.7 Å². The molecule has 1 aliphatic carbocycles. The molecule has 1 fully saturated rings. The maximum absolute atomic E-state index is 13.2. The van der Waals surface area contributed by atoms with Crippen molar-refractivity contribution in [3.8, 4) is 5.75 Å². The molecular formula is C20H21F2NO2. The van der Waals surface area contributed by atoms with Gasteiger partial charge in [0.2, 0.25) is 5.91 Å². The Kier molecular flexibility index (Phi) is 5.31. The quantitative estimate of drug-likeness (QED) is 0.789. The number of nitrogens with one attached hydrogen (secondary N) is 1. The van der Waals surface area contributed by atoms with Crippen molar-refractivity contribution < 1.29 is 18.3 Å². The van der Waals surface area contributed by atoms with Crippen molar-refractivity contribution in [3.05, 3.63) is 65.7 Å². The van der Waals surface area contributed by atoms with E-state index in [1.165, 1.54) is 6.07 Å². The third-order valence-electron chi connectivity index (χ3n) is 4.53. The molecule has 0 aromatic heterocycles. The fourth-order valence-electron chi connectivity index (χ4n) is 2.63. The van der Waals surface area contributed by atoms with Crippen LogP contribution in [0.5, 0.6) is 5.75 Å². The molecule has 0 spiro atoms. The Labute approximate surface area is 146 Å². The standard InChI is InChI=1S/C20H21F2NO2/c21-17-8-6-15(12-18(17)22)7-9-19(24)23-13-20(10-11-20)14-25-16-4-2-1-3-5-16/h1-6,8,12H,7,9-11,13-14H2,(H,23,24). The van der Waals surface area contributed by atoms with Crippen LogP contribution in [0, 0.1) is 17.0 Å². The zero-order chi connectivity index (χ0) is 17.7. The molecule has 0 radical (unpaired) electrons. The summed E-state index contributed by atoms with van der Waals surface area (Å²) < 4.78 is 31.8. The number of aryl methyl sites for hydroxylation is 1. The molecule has 0 heterocycles. The minimum absolute atomic E-state index is 0.0213. The van der Waals surface area contributed by atoms with Gasteiger partial charge in [0.1, 0.15) is 5.75 Å². The van der Waals surface area contributed by atoms with Gasteiger partial charge in [0, 0.05) is 18.4 Å². The molecule has 0 aliphatic heterocycles. The summed E-state index contributed by atoms with van der Waals surface area (Å²) in [5.41, 5.74) is 0.635. The Balaban J connectivity index is 1.40. The molecule has 0 atom stereocenters. The van der Waals surface area contributed by atoms with E-state index in [2.05, 4.69) is 5.32 Å². The molecule has 0 unspecified atom stereocenters. The first-order chi connectivity index (χ1) is 12.1. The summed E-state index contributed by atoms with van der Waals surface area (Å²) in [5.74, 6) is -1.01. The minimum atomic E-state index is -0.882. The van der Waals surface area contributed by atoms with Gasteiger partial charge in [0.25, 0.3) is 0 Å². The Morgan fingerprint density at radius 2 is 1.84 bits per heavy atom. The largest absolute Gasteiger partial charge is 0.493 e. The molecule has 2 aromatic rings. The van der Waals surface area contributed by atoms with E-state index in [-0.39, 0.29) is 17.7 Å². The fourth-order valence-corrected chi connectivity index (χ4v) is 2.63. The van der Waals surface area contributed by atoms with Crippen molar-refractivity contribution >= 4 is 5.91 Å². The average Bonchev–Trinajstić information content (AvgIpc) is 3.41. The second kappa shape index (κ2) is 7.64. The summed E-state index contributed by atoms with van der Waals surface area (Å²) >= 11 is 0. The molecule has 1 N–H and O–H groups in total. The van der Waals surface area contributed by atoms with Crippen LogP contribution in [-0.2, 0) is 11.2 Å². The third kappa shape index (κ3) is 5.02. The Morgan fingerprint density at radius 1 is 1.08 bits per heavy atom. The van der Waals surface area contributed by atoms with Gasteiger partial charge in [-0.25, -0.2) is 8.78 Å². The van der Waals surface area contributed by atoms with E-state index in [1.807, 2.05) is 30.3 Å². The number of carbonyl (C=O) groups excluding carboxylic acids is 1. The highest BCUT2D eigenvalue weighted by Crippen LogP contribution is 2.45. The number of rotatable bonds is 8. The number of para-hydroxylation sites is 1. The highest BCUT2D eigenvalue weighted by atomic mass is 19.2. The molecule has 3 nitrogen and oxygen atoms in total. The Hall–Kier alpha value is -2.43. The number of carbonyl (C=O) groups is 1. The number of benzene rings is 2. The van der Waals surface area contributed by atoms with Gasteiger partial charge in [-0.1, -0.05) is 24.3 Å². The average molecular weight is 345 g/mol. The molecule has 1 aliphatic rings.